The molecule has 4 nitrogen and oxygen atoms in total. The fourth-order valence-electron chi connectivity index (χ4n) is 2.21. The van der Waals surface area contributed by atoms with Gasteiger partial charge in [0.15, 0.2) is 0 Å². The molecule has 1 aromatic heterocycles. The van der Waals surface area contributed by atoms with Gasteiger partial charge in [-0.1, -0.05) is 30.3 Å². The van der Waals surface area contributed by atoms with Crippen LogP contribution >= 0.6 is 0 Å². The zero-order valence-corrected chi connectivity index (χ0v) is 13.1. The van der Waals surface area contributed by atoms with Crippen molar-refractivity contribution in [2.75, 3.05) is 5.32 Å². The summed E-state index contributed by atoms with van der Waals surface area (Å²) >= 11 is 0. The predicted molar refractivity (Wildman–Crippen MR) is 92.8 cm³/mol. The Bertz CT molecular complexity index is 951. The first kappa shape index (κ1) is 16.2. The van der Waals surface area contributed by atoms with Gasteiger partial charge in [0, 0.05) is 17.3 Å². The molecule has 0 saturated heterocycles. The molecule has 2 aromatic carbocycles. The molecule has 0 fully saturated rings. The third kappa shape index (κ3) is 4.01. The van der Waals surface area contributed by atoms with E-state index >= 15 is 0 Å². The molecule has 1 amide bonds. The van der Waals surface area contributed by atoms with Crippen molar-refractivity contribution in [3.8, 4) is 17.4 Å². The fourth-order valence-corrected chi connectivity index (χ4v) is 2.21. The molecule has 0 spiro atoms. The van der Waals surface area contributed by atoms with E-state index in [0.29, 0.717) is 17.2 Å². The molecule has 0 unspecified atom stereocenters. The zero-order valence-electron chi connectivity index (χ0n) is 13.1. The number of nitrogens with one attached hydrogen (secondary N) is 1. The van der Waals surface area contributed by atoms with E-state index in [4.69, 9.17) is 4.42 Å². The highest BCUT2D eigenvalue weighted by Gasteiger charge is 2.11. The largest absolute Gasteiger partial charge is 0.457 e. The molecule has 0 atom stereocenters. The van der Waals surface area contributed by atoms with Gasteiger partial charge in [-0.05, 0) is 36.4 Å². The van der Waals surface area contributed by atoms with Gasteiger partial charge in [-0.2, -0.15) is 5.26 Å². The van der Waals surface area contributed by atoms with Gasteiger partial charge in [0.25, 0.3) is 5.91 Å². The number of hydrogen-bond acceptors (Lipinski definition) is 3. The van der Waals surface area contributed by atoms with Crippen molar-refractivity contribution < 1.29 is 13.6 Å². The number of furan rings is 1. The summed E-state index contributed by atoms with van der Waals surface area (Å²) in [6, 6.07) is 20.1. The summed E-state index contributed by atoms with van der Waals surface area (Å²) in [6.07, 6.45) is 1.37. The van der Waals surface area contributed by atoms with Gasteiger partial charge in [-0.25, -0.2) is 4.39 Å². The fraction of sp³-hybridized carbons (Fsp3) is 0. The molecule has 0 aliphatic carbocycles. The first-order valence-electron chi connectivity index (χ1n) is 7.50. The average molecular weight is 332 g/mol. The Morgan fingerprint density at radius 2 is 1.76 bits per heavy atom. The Hall–Kier alpha value is -3.65. The summed E-state index contributed by atoms with van der Waals surface area (Å²) < 4.78 is 18.6. The molecule has 1 heterocycles. The zero-order chi connectivity index (χ0) is 17.6. The molecule has 122 valence electrons. The smallest absolute Gasteiger partial charge is 0.266 e. The first-order chi connectivity index (χ1) is 12.2. The van der Waals surface area contributed by atoms with Crippen LogP contribution in [0.4, 0.5) is 10.1 Å². The Labute approximate surface area is 143 Å². The molecule has 1 N–H and O–H groups in total. The van der Waals surface area contributed by atoms with Crippen LogP contribution in [0.25, 0.3) is 17.4 Å². The van der Waals surface area contributed by atoms with Crippen LogP contribution in [0.5, 0.6) is 0 Å². The molecule has 5 heteroatoms. The lowest BCUT2D eigenvalue weighted by atomic mass is 10.2. The molecule has 3 aromatic rings. The molecule has 0 bridgehead atoms. The van der Waals surface area contributed by atoms with E-state index in [-0.39, 0.29) is 5.57 Å². The summed E-state index contributed by atoms with van der Waals surface area (Å²) in [7, 11) is 0. The highest BCUT2D eigenvalue weighted by atomic mass is 19.1. The van der Waals surface area contributed by atoms with Gasteiger partial charge in [0.2, 0.25) is 0 Å². The van der Waals surface area contributed by atoms with E-state index in [1.54, 1.807) is 12.1 Å². The second-order valence-electron chi connectivity index (χ2n) is 5.20. The van der Waals surface area contributed by atoms with E-state index in [1.165, 1.54) is 30.3 Å². The van der Waals surface area contributed by atoms with E-state index < -0.39 is 11.7 Å². The average Bonchev–Trinajstić information content (AvgIpc) is 3.11. The minimum absolute atomic E-state index is 0.113. The molecular formula is C20H13FN2O2. The maximum Gasteiger partial charge on any atom is 0.266 e. The minimum Gasteiger partial charge on any atom is -0.457 e. The van der Waals surface area contributed by atoms with E-state index in [1.807, 2.05) is 36.4 Å². The second-order valence-corrected chi connectivity index (χ2v) is 5.20. The van der Waals surface area contributed by atoms with Crippen LogP contribution in [0.15, 0.2) is 76.7 Å². The van der Waals surface area contributed by atoms with Crippen molar-refractivity contribution in [2.24, 2.45) is 0 Å². The molecule has 0 saturated carbocycles. The maximum absolute atomic E-state index is 12.9. The Balaban J connectivity index is 1.78. The Kier molecular flexibility index (Phi) is 4.72. The van der Waals surface area contributed by atoms with E-state index in [2.05, 4.69) is 5.32 Å². The summed E-state index contributed by atoms with van der Waals surface area (Å²) in [6.45, 7) is 0. The van der Waals surface area contributed by atoms with Crippen molar-refractivity contribution in [1.29, 1.82) is 5.26 Å². The molecule has 3 rings (SSSR count). The van der Waals surface area contributed by atoms with Crippen LogP contribution in [0.3, 0.4) is 0 Å². The highest BCUT2D eigenvalue weighted by Crippen LogP contribution is 2.23. The number of nitriles is 1. The number of hydrogen-bond donors (Lipinski definition) is 1. The highest BCUT2D eigenvalue weighted by molar-refractivity contribution is 6.09. The molecular weight excluding hydrogens is 319 g/mol. The van der Waals surface area contributed by atoms with Crippen LogP contribution in [-0.2, 0) is 4.79 Å². The topological polar surface area (TPSA) is 66.0 Å². The van der Waals surface area contributed by atoms with Gasteiger partial charge in [-0.15, -0.1) is 0 Å². The van der Waals surface area contributed by atoms with Crippen LogP contribution in [0.2, 0.25) is 0 Å². The van der Waals surface area contributed by atoms with Gasteiger partial charge in [0.1, 0.15) is 29.0 Å². The second kappa shape index (κ2) is 7.28. The van der Waals surface area contributed by atoms with Crippen molar-refractivity contribution in [1.82, 2.24) is 0 Å². The summed E-state index contributed by atoms with van der Waals surface area (Å²) in [5.41, 5.74) is 1.19. The van der Waals surface area contributed by atoms with Crippen LogP contribution in [-0.4, -0.2) is 5.91 Å². The number of halogens is 1. The number of anilines is 1. The first-order valence-corrected chi connectivity index (χ1v) is 7.50. The number of carbonyl (C=O) groups excluding carboxylic acids is 1. The molecule has 0 aliphatic heterocycles. The summed E-state index contributed by atoms with van der Waals surface area (Å²) in [5, 5.41) is 11.8. The summed E-state index contributed by atoms with van der Waals surface area (Å²) in [5.74, 6) is 0.0394. The standard InChI is InChI=1S/C20H13FN2O2/c21-16-6-8-17(9-7-16)23-20(24)15(13-22)12-18-10-11-19(25-18)14-4-2-1-3-5-14/h1-12H,(H,23,24)/b15-12+. The lowest BCUT2D eigenvalue weighted by Crippen LogP contribution is -2.13. The lowest BCUT2D eigenvalue weighted by Gasteiger charge is -2.03. The van der Waals surface area contributed by atoms with E-state index in [0.717, 1.165) is 5.56 Å². The normalized spacial score (nSPS) is 11.0. The van der Waals surface area contributed by atoms with Crippen molar-refractivity contribution >= 4 is 17.7 Å². The number of rotatable bonds is 4. The molecule has 0 radical (unpaired) electrons. The molecule has 25 heavy (non-hydrogen) atoms. The number of carbonyl (C=O) groups is 1. The lowest BCUT2D eigenvalue weighted by molar-refractivity contribution is -0.112. The number of benzene rings is 2. The van der Waals surface area contributed by atoms with Crippen LogP contribution in [0, 0.1) is 17.1 Å². The third-order valence-electron chi connectivity index (χ3n) is 3.44. The summed E-state index contributed by atoms with van der Waals surface area (Å²) in [4.78, 5) is 12.2. The number of amides is 1. The minimum atomic E-state index is -0.591. The van der Waals surface area contributed by atoms with Crippen LogP contribution < -0.4 is 5.32 Å². The predicted octanol–water partition coefficient (Wildman–Crippen LogP) is 4.63. The maximum atomic E-state index is 12.9. The Morgan fingerprint density at radius 3 is 2.44 bits per heavy atom. The van der Waals surface area contributed by atoms with Gasteiger partial charge >= 0.3 is 0 Å². The van der Waals surface area contributed by atoms with Crippen molar-refractivity contribution in [3.63, 3.8) is 0 Å². The number of nitrogens with zero attached hydrogens (tertiary/aromatic N) is 1. The van der Waals surface area contributed by atoms with Crippen molar-refractivity contribution in [2.45, 2.75) is 0 Å². The van der Waals surface area contributed by atoms with Gasteiger partial charge in [0.05, 0.1) is 0 Å². The van der Waals surface area contributed by atoms with E-state index in [9.17, 15) is 14.4 Å². The van der Waals surface area contributed by atoms with Crippen LogP contribution in [0.1, 0.15) is 5.76 Å². The van der Waals surface area contributed by atoms with Gasteiger partial charge in [-0.3, -0.25) is 4.79 Å². The quantitative estimate of drug-likeness (QED) is 0.559. The van der Waals surface area contributed by atoms with Crippen molar-refractivity contribution in [3.05, 3.63) is 83.9 Å². The third-order valence-corrected chi connectivity index (χ3v) is 3.44. The van der Waals surface area contributed by atoms with Gasteiger partial charge < -0.3 is 9.73 Å². The monoisotopic (exact) mass is 332 g/mol. The molecule has 0 aliphatic rings. The SMILES string of the molecule is N#C/C(=C\c1ccc(-c2ccccc2)o1)C(=O)Nc1ccc(F)cc1. The Morgan fingerprint density at radius 1 is 1.04 bits per heavy atom.